The van der Waals surface area contributed by atoms with Crippen molar-refractivity contribution in [2.75, 3.05) is 29.9 Å². The first-order valence-corrected chi connectivity index (χ1v) is 10.9. The predicted octanol–water partition coefficient (Wildman–Crippen LogP) is 3.59. The predicted molar refractivity (Wildman–Crippen MR) is 129 cm³/mol. The maximum atomic E-state index is 9.95. The maximum absolute atomic E-state index is 9.95. The van der Waals surface area contributed by atoms with Crippen molar-refractivity contribution in [2.45, 2.75) is 19.9 Å². The van der Waals surface area contributed by atoms with Crippen molar-refractivity contribution in [2.24, 2.45) is 5.41 Å². The minimum Gasteiger partial charge on any atom is -0.352 e. The van der Waals surface area contributed by atoms with Gasteiger partial charge in [-0.1, -0.05) is 6.07 Å². The lowest BCUT2D eigenvalue weighted by molar-refractivity contribution is 0.179. The Morgan fingerprint density at radius 3 is 2.88 bits per heavy atom. The summed E-state index contributed by atoms with van der Waals surface area (Å²) in [5.74, 6) is 1.12. The first kappa shape index (κ1) is 20.7. The highest BCUT2D eigenvalue weighted by molar-refractivity contribution is 6.01. The molecule has 166 valence electrons. The van der Waals surface area contributed by atoms with Crippen LogP contribution in [0.2, 0.25) is 0 Å². The maximum Gasteiger partial charge on any atom is 0.196 e. The highest BCUT2D eigenvalue weighted by Gasteiger charge is 2.40. The SMILES string of the molecule is CC(C)(C#N)C1CN(c2ncnc3[nH]ccc23)CCN1C(=N)Nc1cccc2ncccc12. The quantitative estimate of drug-likeness (QED) is 0.329. The largest absolute Gasteiger partial charge is 0.352 e. The molecule has 0 spiro atoms. The summed E-state index contributed by atoms with van der Waals surface area (Å²) in [5, 5.41) is 24.0. The van der Waals surface area contributed by atoms with Gasteiger partial charge in [-0.05, 0) is 44.2 Å². The molecule has 1 aliphatic rings. The van der Waals surface area contributed by atoms with Crippen LogP contribution in [0.3, 0.4) is 0 Å². The van der Waals surface area contributed by atoms with Gasteiger partial charge < -0.3 is 20.1 Å². The number of hydrogen-bond donors (Lipinski definition) is 3. The van der Waals surface area contributed by atoms with Crippen molar-refractivity contribution in [1.82, 2.24) is 24.8 Å². The van der Waals surface area contributed by atoms with Crippen LogP contribution in [0.5, 0.6) is 0 Å². The minimum atomic E-state index is -0.683. The molecule has 5 rings (SSSR count). The number of pyridine rings is 1. The molecular weight excluding hydrogens is 414 g/mol. The van der Waals surface area contributed by atoms with Crippen LogP contribution in [-0.4, -0.2) is 56.5 Å². The van der Waals surface area contributed by atoms with E-state index < -0.39 is 5.41 Å². The second-order valence-corrected chi connectivity index (χ2v) is 8.78. The molecule has 0 bridgehead atoms. The molecule has 0 aliphatic carbocycles. The fourth-order valence-electron chi connectivity index (χ4n) is 4.46. The Labute approximate surface area is 191 Å². The molecule has 0 radical (unpaired) electrons. The first-order chi connectivity index (χ1) is 16.0. The van der Waals surface area contributed by atoms with E-state index in [1.807, 2.05) is 61.3 Å². The summed E-state index contributed by atoms with van der Waals surface area (Å²) < 4.78 is 0. The molecule has 33 heavy (non-hydrogen) atoms. The molecular formula is C24H25N9. The van der Waals surface area contributed by atoms with Crippen molar-refractivity contribution in [3.63, 3.8) is 0 Å². The molecule has 3 N–H and O–H groups in total. The smallest absolute Gasteiger partial charge is 0.196 e. The fraction of sp³-hybridized carbons (Fsp3) is 0.292. The normalized spacial score (nSPS) is 16.7. The third-order valence-corrected chi connectivity index (χ3v) is 6.32. The van der Waals surface area contributed by atoms with Gasteiger partial charge in [-0.15, -0.1) is 0 Å². The van der Waals surface area contributed by atoms with Gasteiger partial charge in [0.2, 0.25) is 0 Å². The molecule has 9 nitrogen and oxygen atoms in total. The van der Waals surface area contributed by atoms with Gasteiger partial charge in [0.1, 0.15) is 17.8 Å². The summed E-state index contributed by atoms with van der Waals surface area (Å²) in [6, 6.07) is 13.9. The standard InChI is InChI=1S/C24H25N9/c1-24(2,14-25)20-13-32(22-17-8-10-28-21(17)29-15-30-22)11-12-33(20)23(26)31-19-7-3-6-18-16(19)5-4-9-27-18/h3-10,15,20H,11-13H2,1-2H3,(H2,26,31)(H,28,29,30). The van der Waals surface area contributed by atoms with E-state index in [0.717, 1.165) is 33.4 Å². The van der Waals surface area contributed by atoms with E-state index in [9.17, 15) is 5.26 Å². The number of nitriles is 1. The van der Waals surface area contributed by atoms with E-state index in [-0.39, 0.29) is 12.0 Å². The molecule has 1 saturated heterocycles. The van der Waals surface area contributed by atoms with Crippen LogP contribution in [0.4, 0.5) is 11.5 Å². The number of nitrogens with one attached hydrogen (secondary N) is 3. The Kier molecular flexibility index (Phi) is 5.05. The van der Waals surface area contributed by atoms with Crippen molar-refractivity contribution in [1.29, 1.82) is 10.7 Å². The number of fused-ring (bicyclic) bond motifs is 2. The number of rotatable bonds is 3. The van der Waals surface area contributed by atoms with Crippen LogP contribution in [0, 0.1) is 22.2 Å². The zero-order valence-electron chi connectivity index (χ0n) is 18.6. The molecule has 1 unspecified atom stereocenters. The summed E-state index contributed by atoms with van der Waals surface area (Å²) in [5.41, 5.74) is 1.80. The molecule has 0 amide bonds. The second-order valence-electron chi connectivity index (χ2n) is 8.78. The number of hydrogen-bond acceptors (Lipinski definition) is 6. The van der Waals surface area contributed by atoms with Gasteiger partial charge in [0.15, 0.2) is 5.96 Å². The summed E-state index contributed by atoms with van der Waals surface area (Å²) in [6.07, 6.45) is 5.17. The number of piperazine rings is 1. The molecule has 3 aromatic heterocycles. The molecule has 1 fully saturated rings. The van der Waals surface area contributed by atoms with Crippen molar-refractivity contribution < 1.29 is 0 Å². The van der Waals surface area contributed by atoms with Gasteiger partial charge in [-0.2, -0.15) is 5.26 Å². The van der Waals surface area contributed by atoms with Crippen LogP contribution in [0.15, 0.2) is 55.1 Å². The molecule has 4 heterocycles. The van der Waals surface area contributed by atoms with Gasteiger partial charge in [-0.3, -0.25) is 10.4 Å². The Bertz CT molecular complexity index is 1360. The van der Waals surface area contributed by atoms with E-state index in [2.05, 4.69) is 36.2 Å². The molecule has 9 heteroatoms. The van der Waals surface area contributed by atoms with E-state index in [1.165, 1.54) is 0 Å². The van der Waals surface area contributed by atoms with Gasteiger partial charge in [0, 0.05) is 37.4 Å². The summed E-state index contributed by atoms with van der Waals surface area (Å²) in [4.78, 5) is 20.5. The number of benzene rings is 1. The lowest BCUT2D eigenvalue weighted by Gasteiger charge is -2.47. The molecule has 1 aromatic carbocycles. The van der Waals surface area contributed by atoms with Crippen molar-refractivity contribution >= 4 is 39.4 Å². The number of nitrogens with zero attached hydrogens (tertiary/aromatic N) is 6. The first-order valence-electron chi connectivity index (χ1n) is 10.9. The van der Waals surface area contributed by atoms with Crippen LogP contribution < -0.4 is 10.2 Å². The Hall–Kier alpha value is -4.19. The van der Waals surface area contributed by atoms with Crippen LogP contribution >= 0.6 is 0 Å². The number of aromatic amines is 1. The topological polar surface area (TPSA) is 121 Å². The molecule has 1 aliphatic heterocycles. The monoisotopic (exact) mass is 439 g/mol. The van der Waals surface area contributed by atoms with Crippen LogP contribution in [-0.2, 0) is 0 Å². The van der Waals surface area contributed by atoms with E-state index in [0.29, 0.717) is 19.6 Å². The van der Waals surface area contributed by atoms with E-state index >= 15 is 0 Å². The zero-order chi connectivity index (χ0) is 23.0. The number of aromatic nitrogens is 4. The molecule has 0 saturated carbocycles. The van der Waals surface area contributed by atoms with Gasteiger partial charge in [-0.25, -0.2) is 9.97 Å². The molecule has 4 aromatic rings. The Balaban J connectivity index is 1.44. The van der Waals surface area contributed by atoms with Crippen molar-refractivity contribution in [3.05, 3.63) is 55.1 Å². The highest BCUT2D eigenvalue weighted by atomic mass is 15.4. The average molecular weight is 440 g/mol. The van der Waals surface area contributed by atoms with E-state index in [1.54, 1.807) is 12.5 Å². The van der Waals surface area contributed by atoms with Gasteiger partial charge in [0.05, 0.1) is 34.1 Å². The highest BCUT2D eigenvalue weighted by Crippen LogP contribution is 2.32. The number of guanidine groups is 1. The number of H-pyrrole nitrogens is 1. The number of anilines is 2. The minimum absolute atomic E-state index is 0.215. The Morgan fingerprint density at radius 1 is 1.15 bits per heavy atom. The average Bonchev–Trinajstić information content (AvgIpc) is 3.33. The van der Waals surface area contributed by atoms with Crippen LogP contribution in [0.1, 0.15) is 13.8 Å². The zero-order valence-corrected chi connectivity index (χ0v) is 18.6. The fourth-order valence-corrected chi connectivity index (χ4v) is 4.46. The third-order valence-electron chi connectivity index (χ3n) is 6.32. The Morgan fingerprint density at radius 2 is 2.03 bits per heavy atom. The summed E-state index contributed by atoms with van der Waals surface area (Å²) in [7, 11) is 0. The third kappa shape index (κ3) is 3.69. The lowest BCUT2D eigenvalue weighted by Crippen LogP contribution is -2.61. The van der Waals surface area contributed by atoms with Crippen molar-refractivity contribution in [3.8, 4) is 6.07 Å². The van der Waals surface area contributed by atoms with Crippen LogP contribution in [0.25, 0.3) is 21.9 Å². The van der Waals surface area contributed by atoms with Gasteiger partial charge in [0.25, 0.3) is 0 Å². The summed E-state index contributed by atoms with van der Waals surface area (Å²) >= 11 is 0. The molecule has 1 atom stereocenters. The summed E-state index contributed by atoms with van der Waals surface area (Å²) in [6.45, 7) is 5.68. The van der Waals surface area contributed by atoms with Gasteiger partial charge >= 0.3 is 0 Å². The lowest BCUT2D eigenvalue weighted by atomic mass is 9.83. The second kappa shape index (κ2) is 8.06. The van der Waals surface area contributed by atoms with E-state index in [4.69, 9.17) is 5.41 Å².